The Labute approximate surface area is 168 Å². The summed E-state index contributed by atoms with van der Waals surface area (Å²) in [7, 11) is 1.87. The van der Waals surface area contributed by atoms with Crippen LogP contribution in [0, 0.1) is 0 Å². The van der Waals surface area contributed by atoms with Crippen molar-refractivity contribution < 1.29 is 9.59 Å². The molecule has 1 atom stereocenters. The molecule has 5 rings (SSSR count). The number of hydrogen-bond donors (Lipinski definition) is 1. The SMILES string of the molecule is CC(=O)N1CC2=C(C1=O)C(c1cnn(C)c1)c1cn(C(C)C)c3cccc(c13)N2. The zero-order valence-electron chi connectivity index (χ0n) is 16.9. The maximum atomic E-state index is 13.3. The van der Waals surface area contributed by atoms with E-state index in [1.807, 2.05) is 31.6 Å². The summed E-state index contributed by atoms with van der Waals surface area (Å²) in [5, 5.41) is 8.95. The average molecular weight is 389 g/mol. The van der Waals surface area contributed by atoms with Gasteiger partial charge < -0.3 is 9.88 Å². The van der Waals surface area contributed by atoms with Gasteiger partial charge in [-0.15, -0.1) is 0 Å². The lowest BCUT2D eigenvalue weighted by atomic mass is 9.86. The number of benzene rings is 1. The number of amides is 2. The third kappa shape index (κ3) is 2.46. The minimum Gasteiger partial charge on any atom is -0.356 e. The topological polar surface area (TPSA) is 72.2 Å². The van der Waals surface area contributed by atoms with Crippen LogP contribution in [0.3, 0.4) is 0 Å². The number of carbonyl (C=O) groups is 2. The van der Waals surface area contributed by atoms with E-state index < -0.39 is 0 Å². The number of nitrogens with one attached hydrogen (secondary N) is 1. The van der Waals surface area contributed by atoms with Gasteiger partial charge in [0.15, 0.2) is 0 Å². The molecule has 3 aromatic rings. The van der Waals surface area contributed by atoms with E-state index in [1.54, 1.807) is 4.68 Å². The van der Waals surface area contributed by atoms with Gasteiger partial charge in [-0.1, -0.05) is 6.07 Å². The maximum Gasteiger partial charge on any atom is 0.259 e. The Morgan fingerprint density at radius 1 is 1.28 bits per heavy atom. The number of aryl methyl sites for hydroxylation is 1. The fourth-order valence-corrected chi connectivity index (χ4v) is 4.59. The van der Waals surface area contributed by atoms with E-state index in [4.69, 9.17) is 0 Å². The highest BCUT2D eigenvalue weighted by molar-refractivity contribution is 6.11. The Kier molecular flexibility index (Phi) is 3.71. The highest BCUT2D eigenvalue weighted by Crippen LogP contribution is 2.46. The lowest BCUT2D eigenvalue weighted by Gasteiger charge is -2.18. The Hall–Kier alpha value is -3.35. The molecule has 2 amide bonds. The molecule has 0 fully saturated rings. The first-order valence-corrected chi connectivity index (χ1v) is 9.81. The second-order valence-corrected chi connectivity index (χ2v) is 8.09. The van der Waals surface area contributed by atoms with Gasteiger partial charge in [0.05, 0.1) is 23.8 Å². The van der Waals surface area contributed by atoms with E-state index >= 15 is 0 Å². The van der Waals surface area contributed by atoms with E-state index in [2.05, 4.69) is 41.1 Å². The Morgan fingerprint density at radius 3 is 2.72 bits per heavy atom. The molecule has 0 saturated heterocycles. The standard InChI is InChI=1S/C22H23N5O2/c1-12(2)26-10-15-19(14-8-23-25(4)9-14)21-17(11-27(13(3)28)22(21)29)24-16-6-5-7-18(26)20(15)16/h5-10,12,19,24H,11H2,1-4H3. The molecule has 148 valence electrons. The van der Waals surface area contributed by atoms with Crippen molar-refractivity contribution >= 4 is 28.4 Å². The molecular formula is C22H23N5O2. The van der Waals surface area contributed by atoms with Crippen LogP contribution in [0.25, 0.3) is 10.9 Å². The molecule has 2 aliphatic heterocycles. The molecule has 7 heteroatoms. The molecule has 2 aliphatic rings. The number of imide groups is 1. The largest absolute Gasteiger partial charge is 0.356 e. The van der Waals surface area contributed by atoms with Crippen LogP contribution in [0.15, 0.2) is 48.1 Å². The van der Waals surface area contributed by atoms with Crippen LogP contribution >= 0.6 is 0 Å². The predicted molar refractivity (Wildman–Crippen MR) is 110 cm³/mol. The van der Waals surface area contributed by atoms with Gasteiger partial charge in [0.25, 0.3) is 5.91 Å². The lowest BCUT2D eigenvalue weighted by Crippen LogP contribution is -2.33. The van der Waals surface area contributed by atoms with Crippen LogP contribution in [0.4, 0.5) is 5.69 Å². The molecule has 0 bridgehead atoms. The molecule has 1 N–H and O–H groups in total. The minimum absolute atomic E-state index is 0.230. The van der Waals surface area contributed by atoms with Gasteiger partial charge in [0, 0.05) is 60.7 Å². The summed E-state index contributed by atoms with van der Waals surface area (Å²) in [5.41, 5.74) is 5.53. The van der Waals surface area contributed by atoms with Crippen molar-refractivity contribution in [3.63, 3.8) is 0 Å². The summed E-state index contributed by atoms with van der Waals surface area (Å²) in [6, 6.07) is 6.45. The Morgan fingerprint density at radius 2 is 2.07 bits per heavy atom. The first-order chi connectivity index (χ1) is 13.9. The zero-order valence-corrected chi connectivity index (χ0v) is 16.9. The van der Waals surface area contributed by atoms with Gasteiger partial charge in [-0.3, -0.25) is 19.2 Å². The van der Waals surface area contributed by atoms with E-state index in [1.165, 1.54) is 11.8 Å². The molecule has 4 heterocycles. The van der Waals surface area contributed by atoms with E-state index in [-0.39, 0.29) is 30.3 Å². The predicted octanol–water partition coefficient (Wildman–Crippen LogP) is 3.16. The number of aromatic nitrogens is 3. The number of carbonyl (C=O) groups excluding carboxylic acids is 2. The highest BCUT2D eigenvalue weighted by atomic mass is 16.2. The van der Waals surface area contributed by atoms with E-state index in [0.29, 0.717) is 5.57 Å². The number of hydrogen-bond acceptors (Lipinski definition) is 4. The van der Waals surface area contributed by atoms with Crippen molar-refractivity contribution in [1.29, 1.82) is 0 Å². The zero-order chi connectivity index (χ0) is 20.4. The number of anilines is 1. The van der Waals surface area contributed by atoms with Gasteiger partial charge in [0.2, 0.25) is 5.91 Å². The molecule has 0 spiro atoms. The van der Waals surface area contributed by atoms with Crippen molar-refractivity contribution in [1.82, 2.24) is 19.2 Å². The van der Waals surface area contributed by atoms with Gasteiger partial charge in [-0.25, -0.2) is 0 Å². The first kappa shape index (κ1) is 17.7. The van der Waals surface area contributed by atoms with Crippen LogP contribution in [0.1, 0.15) is 43.9 Å². The summed E-state index contributed by atoms with van der Waals surface area (Å²) in [6.45, 7) is 6.00. The van der Waals surface area contributed by atoms with Gasteiger partial charge in [-0.2, -0.15) is 5.10 Å². The molecule has 0 saturated carbocycles. The second kappa shape index (κ2) is 6.07. The first-order valence-electron chi connectivity index (χ1n) is 9.81. The van der Waals surface area contributed by atoms with Gasteiger partial charge in [0.1, 0.15) is 0 Å². The van der Waals surface area contributed by atoms with Crippen LogP contribution < -0.4 is 5.32 Å². The monoisotopic (exact) mass is 389 g/mol. The molecule has 29 heavy (non-hydrogen) atoms. The molecule has 1 aromatic carbocycles. The molecule has 2 aromatic heterocycles. The third-order valence-electron chi connectivity index (χ3n) is 5.88. The average Bonchev–Trinajstić information content (AvgIpc) is 3.32. The molecular weight excluding hydrogens is 366 g/mol. The summed E-state index contributed by atoms with van der Waals surface area (Å²) >= 11 is 0. The van der Waals surface area contributed by atoms with Crippen molar-refractivity contribution in [3.8, 4) is 0 Å². The minimum atomic E-state index is -0.283. The van der Waals surface area contributed by atoms with Crippen molar-refractivity contribution in [3.05, 3.63) is 59.2 Å². The van der Waals surface area contributed by atoms with Crippen LogP contribution in [-0.2, 0) is 16.6 Å². The summed E-state index contributed by atoms with van der Waals surface area (Å²) in [5.74, 6) is -0.755. The van der Waals surface area contributed by atoms with Crippen molar-refractivity contribution in [2.75, 3.05) is 11.9 Å². The fraction of sp³-hybridized carbons (Fsp3) is 0.318. The third-order valence-corrected chi connectivity index (χ3v) is 5.88. The summed E-state index contributed by atoms with van der Waals surface area (Å²) in [6.07, 6.45) is 5.91. The van der Waals surface area contributed by atoms with Crippen LogP contribution in [0.5, 0.6) is 0 Å². The lowest BCUT2D eigenvalue weighted by molar-refractivity contribution is -0.139. The summed E-state index contributed by atoms with van der Waals surface area (Å²) in [4.78, 5) is 26.7. The van der Waals surface area contributed by atoms with Gasteiger partial charge in [-0.05, 0) is 31.5 Å². The molecule has 0 radical (unpaired) electrons. The highest BCUT2D eigenvalue weighted by Gasteiger charge is 2.42. The van der Waals surface area contributed by atoms with E-state index in [0.717, 1.165) is 33.4 Å². The summed E-state index contributed by atoms with van der Waals surface area (Å²) < 4.78 is 3.99. The fourth-order valence-electron chi connectivity index (χ4n) is 4.59. The quantitative estimate of drug-likeness (QED) is 0.731. The Balaban J connectivity index is 1.82. The maximum absolute atomic E-state index is 13.3. The molecule has 1 unspecified atom stereocenters. The smallest absolute Gasteiger partial charge is 0.259 e. The molecule has 0 aliphatic carbocycles. The van der Waals surface area contributed by atoms with Crippen LogP contribution in [-0.4, -0.2) is 37.6 Å². The number of nitrogens with zero attached hydrogens (tertiary/aromatic N) is 4. The van der Waals surface area contributed by atoms with Crippen molar-refractivity contribution in [2.24, 2.45) is 7.05 Å². The molecule has 7 nitrogen and oxygen atoms in total. The van der Waals surface area contributed by atoms with Crippen molar-refractivity contribution in [2.45, 2.75) is 32.7 Å². The van der Waals surface area contributed by atoms with Gasteiger partial charge >= 0.3 is 0 Å². The second-order valence-electron chi connectivity index (χ2n) is 8.09. The Bertz CT molecular complexity index is 1210. The van der Waals surface area contributed by atoms with E-state index in [9.17, 15) is 9.59 Å². The number of rotatable bonds is 2. The normalized spacial score (nSPS) is 18.4. The van der Waals surface area contributed by atoms with Crippen LogP contribution in [0.2, 0.25) is 0 Å².